The lowest BCUT2D eigenvalue weighted by Gasteiger charge is -2.18. The Morgan fingerprint density at radius 2 is 2.07 bits per heavy atom. The smallest absolute Gasteiger partial charge is 0.254 e. The molecule has 8 nitrogen and oxygen atoms in total. The number of aromatic nitrogens is 3. The predicted octanol–water partition coefficient (Wildman–Crippen LogP) is 3.00. The van der Waals surface area contributed by atoms with Crippen LogP contribution in [0.25, 0.3) is 16.9 Å². The van der Waals surface area contributed by atoms with Gasteiger partial charge in [-0.1, -0.05) is 0 Å². The highest BCUT2D eigenvalue weighted by Gasteiger charge is 2.17. The summed E-state index contributed by atoms with van der Waals surface area (Å²) in [6, 6.07) is 7.66. The molecule has 3 aromatic heterocycles. The monoisotopic (exact) mass is 406 g/mol. The van der Waals surface area contributed by atoms with E-state index in [-0.39, 0.29) is 11.9 Å². The Hall–Kier alpha value is -3.44. The molecule has 0 unspecified atom stereocenters. The molecule has 0 fully saturated rings. The third kappa shape index (κ3) is 4.93. The van der Waals surface area contributed by atoms with Gasteiger partial charge in [0.25, 0.3) is 5.91 Å². The van der Waals surface area contributed by atoms with Crippen molar-refractivity contribution in [2.24, 2.45) is 0 Å². The number of carbonyl (C=O) groups excluding carboxylic acids is 1. The zero-order chi connectivity index (χ0) is 21.9. The lowest BCUT2D eigenvalue weighted by molar-refractivity contribution is 0.0693. The highest BCUT2D eigenvalue weighted by molar-refractivity contribution is 5.99. The van der Waals surface area contributed by atoms with Crippen LogP contribution in [0.4, 0.5) is 5.69 Å². The van der Waals surface area contributed by atoms with Crippen molar-refractivity contribution in [1.82, 2.24) is 19.9 Å². The maximum Gasteiger partial charge on any atom is 0.254 e. The highest BCUT2D eigenvalue weighted by Crippen LogP contribution is 2.23. The Bertz CT molecular complexity index is 1100. The molecule has 0 radical (unpaired) electrons. The maximum absolute atomic E-state index is 12.7. The van der Waals surface area contributed by atoms with E-state index >= 15 is 0 Å². The normalized spacial score (nSPS) is 11.5. The van der Waals surface area contributed by atoms with Crippen molar-refractivity contribution in [2.75, 3.05) is 11.9 Å². The van der Waals surface area contributed by atoms with Crippen molar-refractivity contribution in [3.8, 4) is 11.9 Å². The van der Waals surface area contributed by atoms with E-state index in [4.69, 9.17) is 5.26 Å². The van der Waals surface area contributed by atoms with Crippen molar-refractivity contribution < 1.29 is 9.90 Å². The van der Waals surface area contributed by atoms with E-state index in [2.05, 4.69) is 26.7 Å². The van der Waals surface area contributed by atoms with Gasteiger partial charge >= 0.3 is 0 Å². The summed E-state index contributed by atoms with van der Waals surface area (Å²) in [7, 11) is 0. The van der Waals surface area contributed by atoms with Crippen LogP contribution in [0.2, 0.25) is 0 Å². The van der Waals surface area contributed by atoms with Gasteiger partial charge in [0.15, 0.2) is 0 Å². The zero-order valence-corrected chi connectivity index (χ0v) is 17.6. The summed E-state index contributed by atoms with van der Waals surface area (Å²) in [6.07, 6.45) is 5.35. The van der Waals surface area contributed by atoms with E-state index in [1.54, 1.807) is 19.9 Å². The van der Waals surface area contributed by atoms with Crippen molar-refractivity contribution in [1.29, 1.82) is 5.26 Å². The molecule has 1 amide bonds. The summed E-state index contributed by atoms with van der Waals surface area (Å²) >= 11 is 0. The minimum Gasteiger partial charge on any atom is -0.390 e. The summed E-state index contributed by atoms with van der Waals surface area (Å²) in [4.78, 5) is 21.5. The fourth-order valence-corrected chi connectivity index (χ4v) is 3.03. The number of rotatable bonds is 7. The zero-order valence-electron chi connectivity index (χ0n) is 17.6. The van der Waals surface area contributed by atoms with Crippen LogP contribution in [0.3, 0.4) is 0 Å². The first-order valence-corrected chi connectivity index (χ1v) is 9.82. The number of aliphatic hydroxyl groups is 1. The van der Waals surface area contributed by atoms with E-state index in [9.17, 15) is 9.90 Å². The molecule has 0 bridgehead atoms. The molecule has 0 aliphatic heterocycles. The fourth-order valence-electron chi connectivity index (χ4n) is 3.03. The third-order valence-electron chi connectivity index (χ3n) is 4.50. The molecule has 3 rings (SSSR count). The standard InChI is InChI=1S/C22H26N6O2/c1-14(2)27-18-10-19(25-13-17(18)21(29)24-7-6-22(3,4)30)28-8-5-16-9-15(11-23)12-26-20(16)28/h5,8-10,12-14,30H,6-7H2,1-4H3,(H,24,29)(H,25,27). The largest absolute Gasteiger partial charge is 0.390 e. The van der Waals surface area contributed by atoms with Crippen LogP contribution < -0.4 is 10.6 Å². The van der Waals surface area contributed by atoms with E-state index in [1.807, 2.05) is 36.7 Å². The molecule has 0 saturated carbocycles. The second-order valence-corrected chi connectivity index (χ2v) is 8.14. The van der Waals surface area contributed by atoms with Gasteiger partial charge in [0.1, 0.15) is 17.5 Å². The van der Waals surface area contributed by atoms with Crippen LogP contribution >= 0.6 is 0 Å². The molecule has 3 heterocycles. The molecule has 30 heavy (non-hydrogen) atoms. The van der Waals surface area contributed by atoms with E-state index in [0.717, 1.165) is 5.39 Å². The summed E-state index contributed by atoms with van der Waals surface area (Å²) in [6.45, 7) is 7.75. The van der Waals surface area contributed by atoms with Gasteiger partial charge in [0.2, 0.25) is 0 Å². The van der Waals surface area contributed by atoms with Gasteiger partial charge in [0, 0.05) is 42.6 Å². The van der Waals surface area contributed by atoms with Crippen LogP contribution in [-0.2, 0) is 0 Å². The number of fused-ring (bicyclic) bond motifs is 1. The fraction of sp³-hybridized carbons (Fsp3) is 0.364. The minimum absolute atomic E-state index is 0.112. The van der Waals surface area contributed by atoms with Gasteiger partial charge in [-0.3, -0.25) is 9.36 Å². The first-order valence-electron chi connectivity index (χ1n) is 9.82. The molecular formula is C22H26N6O2. The number of nitrogens with zero attached hydrogens (tertiary/aromatic N) is 4. The molecule has 3 N–H and O–H groups in total. The molecule has 0 aromatic carbocycles. The lowest BCUT2D eigenvalue weighted by Crippen LogP contribution is -2.31. The van der Waals surface area contributed by atoms with Crippen LogP contribution in [0.5, 0.6) is 0 Å². The van der Waals surface area contributed by atoms with Gasteiger partial charge in [-0.2, -0.15) is 5.26 Å². The van der Waals surface area contributed by atoms with Gasteiger partial charge in [0.05, 0.1) is 22.4 Å². The Kier molecular flexibility index (Phi) is 6.04. The lowest BCUT2D eigenvalue weighted by atomic mass is 10.1. The van der Waals surface area contributed by atoms with Crippen molar-refractivity contribution in [3.63, 3.8) is 0 Å². The number of pyridine rings is 2. The Morgan fingerprint density at radius 3 is 2.73 bits per heavy atom. The molecule has 156 valence electrons. The summed E-state index contributed by atoms with van der Waals surface area (Å²) < 4.78 is 1.82. The van der Waals surface area contributed by atoms with Crippen LogP contribution in [0.15, 0.2) is 36.8 Å². The van der Waals surface area contributed by atoms with Crippen LogP contribution in [-0.4, -0.2) is 43.7 Å². The summed E-state index contributed by atoms with van der Waals surface area (Å²) in [5, 5.41) is 25.9. The Morgan fingerprint density at radius 1 is 1.30 bits per heavy atom. The minimum atomic E-state index is -0.845. The first kappa shape index (κ1) is 21.3. The number of carbonyl (C=O) groups is 1. The maximum atomic E-state index is 12.7. The second kappa shape index (κ2) is 8.51. The topological polar surface area (TPSA) is 116 Å². The second-order valence-electron chi connectivity index (χ2n) is 8.14. The Balaban J connectivity index is 1.93. The quantitative estimate of drug-likeness (QED) is 0.555. The van der Waals surface area contributed by atoms with Crippen molar-refractivity contribution in [3.05, 3.63) is 47.9 Å². The average molecular weight is 406 g/mol. The van der Waals surface area contributed by atoms with Gasteiger partial charge < -0.3 is 15.7 Å². The molecule has 0 spiro atoms. The highest BCUT2D eigenvalue weighted by atomic mass is 16.3. The number of nitriles is 1. The van der Waals surface area contributed by atoms with Gasteiger partial charge in [-0.15, -0.1) is 0 Å². The molecule has 0 saturated heterocycles. The van der Waals surface area contributed by atoms with Crippen molar-refractivity contribution in [2.45, 2.75) is 45.8 Å². The third-order valence-corrected chi connectivity index (χ3v) is 4.50. The molecule has 8 heteroatoms. The number of anilines is 1. The SMILES string of the molecule is CC(C)Nc1cc(-n2ccc3cc(C#N)cnc32)ncc1C(=O)NCCC(C)(C)O. The van der Waals surface area contributed by atoms with Gasteiger partial charge in [-0.05, 0) is 46.2 Å². The Labute approximate surface area is 175 Å². The summed E-state index contributed by atoms with van der Waals surface area (Å²) in [5.74, 6) is 0.356. The first-order chi connectivity index (χ1) is 14.2. The van der Waals surface area contributed by atoms with E-state index in [1.165, 1.54) is 12.4 Å². The molecule has 0 atom stereocenters. The van der Waals surface area contributed by atoms with E-state index in [0.29, 0.717) is 41.2 Å². The number of amides is 1. The van der Waals surface area contributed by atoms with Crippen molar-refractivity contribution >= 4 is 22.6 Å². The average Bonchev–Trinajstić information content (AvgIpc) is 3.09. The molecule has 0 aliphatic carbocycles. The number of hydrogen-bond donors (Lipinski definition) is 3. The number of hydrogen-bond acceptors (Lipinski definition) is 6. The van der Waals surface area contributed by atoms with Gasteiger partial charge in [-0.25, -0.2) is 9.97 Å². The molecule has 0 aliphatic rings. The molecular weight excluding hydrogens is 380 g/mol. The summed E-state index contributed by atoms with van der Waals surface area (Å²) in [5.41, 5.74) is 1.42. The number of nitrogens with one attached hydrogen (secondary N) is 2. The van der Waals surface area contributed by atoms with Crippen LogP contribution in [0, 0.1) is 11.3 Å². The van der Waals surface area contributed by atoms with Crippen LogP contribution in [0.1, 0.15) is 50.0 Å². The predicted molar refractivity (Wildman–Crippen MR) is 116 cm³/mol. The van der Waals surface area contributed by atoms with E-state index < -0.39 is 5.60 Å². The molecule has 3 aromatic rings.